The number of nitrogens with zero attached hydrogens (tertiary/aromatic N) is 6. The number of nitrogens with one attached hydrogen (secondary N) is 1. The Kier molecular flexibility index (Phi) is 7.10. The second-order valence-electron chi connectivity index (χ2n) is 13.6. The third kappa shape index (κ3) is 4.82. The van der Waals surface area contributed by atoms with Gasteiger partial charge in [0.1, 0.15) is 22.2 Å². The Morgan fingerprint density at radius 3 is 2.64 bits per heavy atom. The molecule has 2 unspecified atom stereocenters. The third-order valence-corrected chi connectivity index (χ3v) is 10.8. The van der Waals surface area contributed by atoms with E-state index in [0.29, 0.717) is 35.0 Å². The molecule has 4 aromatic rings. The first kappa shape index (κ1) is 30.3. The Morgan fingerprint density at radius 2 is 1.91 bits per heavy atom. The standard InChI is InChI=1S/C33H33F2N7O4S/c1-15-23(42-16-7-17(42)12-44-11-16)5-6-41(15)31-38-9-19-20-13-45-14-21(20)24(26(35)27(19)39-31)28-25-18(8-36)30(40-32(43)46-33(2,3)4)47-29(25)22(34)10-37-28/h9-10,15-17,23H,5-7,11-14H2,1-4H3,(H,40,43)/t15-,16?,17?,23-/m0/s1. The van der Waals surface area contributed by atoms with Gasteiger partial charge < -0.3 is 19.1 Å². The number of carbonyl (C=O) groups is 1. The van der Waals surface area contributed by atoms with Crippen molar-refractivity contribution in [3.05, 3.63) is 40.7 Å². The molecule has 11 nitrogen and oxygen atoms in total. The van der Waals surface area contributed by atoms with Gasteiger partial charge >= 0.3 is 6.09 Å². The van der Waals surface area contributed by atoms with Crippen LogP contribution in [-0.2, 0) is 27.4 Å². The number of anilines is 2. The number of hydrogen-bond acceptors (Lipinski definition) is 11. The van der Waals surface area contributed by atoms with Gasteiger partial charge in [0.25, 0.3) is 0 Å². The maximum Gasteiger partial charge on any atom is 0.412 e. The summed E-state index contributed by atoms with van der Waals surface area (Å²) in [5, 5.41) is 13.5. The molecule has 1 amide bonds. The molecule has 1 aromatic carbocycles. The van der Waals surface area contributed by atoms with Crippen molar-refractivity contribution in [1.82, 2.24) is 19.9 Å². The number of rotatable bonds is 4. The molecule has 3 fully saturated rings. The molecule has 8 rings (SSSR count). The number of thiophene rings is 1. The smallest absolute Gasteiger partial charge is 0.412 e. The van der Waals surface area contributed by atoms with E-state index in [0.717, 1.165) is 55.7 Å². The van der Waals surface area contributed by atoms with Crippen molar-refractivity contribution in [2.45, 2.75) is 83.5 Å². The van der Waals surface area contributed by atoms with Crippen molar-refractivity contribution in [2.24, 2.45) is 0 Å². The number of benzene rings is 1. The molecule has 0 radical (unpaired) electrons. The highest BCUT2D eigenvalue weighted by molar-refractivity contribution is 7.23. The monoisotopic (exact) mass is 661 g/mol. The minimum absolute atomic E-state index is 0.0357. The van der Waals surface area contributed by atoms with E-state index in [9.17, 15) is 10.1 Å². The Balaban J connectivity index is 1.23. The molecule has 2 bridgehead atoms. The number of nitriles is 1. The topological polar surface area (TPSA) is 126 Å². The molecule has 4 aliphatic heterocycles. The number of ether oxygens (including phenoxy) is 3. The molecule has 4 atom stereocenters. The van der Waals surface area contributed by atoms with E-state index in [2.05, 4.69) is 33.1 Å². The van der Waals surface area contributed by atoms with Crippen LogP contribution in [0, 0.1) is 23.0 Å². The van der Waals surface area contributed by atoms with Gasteiger partial charge in [0, 0.05) is 53.2 Å². The molecule has 0 aliphatic carbocycles. The Morgan fingerprint density at radius 1 is 1.15 bits per heavy atom. The molecular formula is C33H33F2N7O4S. The van der Waals surface area contributed by atoms with E-state index >= 15 is 8.78 Å². The maximum absolute atomic E-state index is 17.0. The molecule has 3 aromatic heterocycles. The first-order valence-corrected chi connectivity index (χ1v) is 16.6. The lowest BCUT2D eigenvalue weighted by Gasteiger charge is -2.56. The van der Waals surface area contributed by atoms with Crippen LogP contribution in [0.2, 0.25) is 0 Å². The van der Waals surface area contributed by atoms with Crippen LogP contribution in [0.15, 0.2) is 12.4 Å². The Hall–Kier alpha value is -4.03. The summed E-state index contributed by atoms with van der Waals surface area (Å²) in [5.41, 5.74) is 0.726. The molecule has 0 spiro atoms. The number of morpholine rings is 1. The molecular weight excluding hydrogens is 628 g/mol. The molecule has 3 saturated heterocycles. The largest absolute Gasteiger partial charge is 0.444 e. The van der Waals surface area contributed by atoms with Gasteiger partial charge in [-0.2, -0.15) is 5.26 Å². The summed E-state index contributed by atoms with van der Waals surface area (Å²) < 4.78 is 49.1. The van der Waals surface area contributed by atoms with Gasteiger partial charge in [0.15, 0.2) is 11.6 Å². The van der Waals surface area contributed by atoms with Crippen LogP contribution in [0.1, 0.15) is 57.2 Å². The van der Waals surface area contributed by atoms with Crippen molar-refractivity contribution in [1.29, 1.82) is 5.26 Å². The summed E-state index contributed by atoms with van der Waals surface area (Å²) in [4.78, 5) is 31.2. The molecule has 1 N–H and O–H groups in total. The summed E-state index contributed by atoms with van der Waals surface area (Å²) in [7, 11) is 0. The van der Waals surface area contributed by atoms with Crippen LogP contribution < -0.4 is 10.2 Å². The average molecular weight is 662 g/mol. The average Bonchev–Trinajstić information content (AvgIpc) is 3.75. The number of aromatic nitrogens is 3. The van der Waals surface area contributed by atoms with E-state index < -0.39 is 23.3 Å². The highest BCUT2D eigenvalue weighted by Crippen LogP contribution is 2.46. The molecule has 47 heavy (non-hydrogen) atoms. The summed E-state index contributed by atoms with van der Waals surface area (Å²) in [6, 6.07) is 3.41. The fraction of sp³-hybridized carbons (Fsp3) is 0.485. The lowest BCUT2D eigenvalue weighted by Crippen LogP contribution is -2.68. The SMILES string of the molecule is C[C@H]1[C@@H](N2C3COCC2C3)CCN1c1ncc2c3c(c(-c4ncc(F)c5sc(NC(=O)OC(C)(C)C)c(C#N)c45)c(F)c2n1)COC3. The zero-order valence-corrected chi connectivity index (χ0v) is 27.2. The Bertz CT molecular complexity index is 1990. The van der Waals surface area contributed by atoms with E-state index in [1.165, 1.54) is 0 Å². The van der Waals surface area contributed by atoms with Crippen LogP contribution in [0.4, 0.5) is 24.5 Å². The van der Waals surface area contributed by atoms with Crippen LogP contribution in [0.5, 0.6) is 0 Å². The second-order valence-corrected chi connectivity index (χ2v) is 14.6. The third-order valence-electron chi connectivity index (χ3n) is 9.68. The van der Waals surface area contributed by atoms with E-state index in [1.807, 2.05) is 0 Å². The molecule has 4 aliphatic rings. The fourth-order valence-corrected chi connectivity index (χ4v) is 8.69. The second kappa shape index (κ2) is 11.0. The summed E-state index contributed by atoms with van der Waals surface area (Å²) in [6.45, 7) is 9.86. The number of hydrogen-bond donors (Lipinski definition) is 1. The van der Waals surface area contributed by atoms with Gasteiger partial charge in [-0.05, 0) is 51.7 Å². The minimum atomic E-state index is -0.796. The molecule has 0 saturated carbocycles. The Labute approximate surface area is 273 Å². The van der Waals surface area contributed by atoms with Gasteiger partial charge in [-0.1, -0.05) is 0 Å². The number of fused-ring (bicyclic) bond motifs is 6. The van der Waals surface area contributed by atoms with Crippen molar-refractivity contribution in [3.63, 3.8) is 0 Å². The quantitative estimate of drug-likeness (QED) is 0.284. The summed E-state index contributed by atoms with van der Waals surface area (Å²) in [6.07, 6.45) is 3.98. The first-order chi connectivity index (χ1) is 22.5. The van der Waals surface area contributed by atoms with Crippen molar-refractivity contribution in [3.8, 4) is 17.3 Å². The van der Waals surface area contributed by atoms with Crippen LogP contribution in [0.25, 0.3) is 32.2 Å². The highest BCUT2D eigenvalue weighted by Gasteiger charge is 2.50. The van der Waals surface area contributed by atoms with Crippen molar-refractivity contribution < 1.29 is 27.8 Å². The molecule has 244 valence electrons. The molecule has 14 heteroatoms. The normalized spacial score (nSPS) is 24.0. The maximum atomic E-state index is 17.0. The first-order valence-electron chi connectivity index (χ1n) is 15.7. The van der Waals surface area contributed by atoms with Gasteiger partial charge in [-0.3, -0.25) is 15.2 Å². The van der Waals surface area contributed by atoms with Crippen molar-refractivity contribution >= 4 is 49.4 Å². The minimum Gasteiger partial charge on any atom is -0.444 e. The molecule has 7 heterocycles. The van der Waals surface area contributed by atoms with Gasteiger partial charge in [-0.25, -0.2) is 23.5 Å². The number of pyridine rings is 1. The predicted octanol–water partition coefficient (Wildman–Crippen LogP) is 5.87. The van der Waals surface area contributed by atoms with Gasteiger partial charge in [0.2, 0.25) is 5.95 Å². The van der Waals surface area contributed by atoms with Crippen LogP contribution >= 0.6 is 11.3 Å². The number of carbonyl (C=O) groups excluding carboxylic acids is 1. The zero-order chi connectivity index (χ0) is 32.8. The van der Waals surface area contributed by atoms with Crippen LogP contribution in [-0.4, -0.2) is 75.5 Å². The number of amides is 1. The van der Waals surface area contributed by atoms with Gasteiger partial charge in [-0.15, -0.1) is 11.3 Å². The van der Waals surface area contributed by atoms with Gasteiger partial charge in [0.05, 0.1) is 48.6 Å². The predicted molar refractivity (Wildman–Crippen MR) is 171 cm³/mol. The highest BCUT2D eigenvalue weighted by atomic mass is 32.1. The van der Waals surface area contributed by atoms with E-state index in [1.54, 1.807) is 27.0 Å². The summed E-state index contributed by atoms with van der Waals surface area (Å²) >= 11 is 0.868. The fourth-order valence-electron chi connectivity index (χ4n) is 7.65. The van der Waals surface area contributed by atoms with E-state index in [-0.39, 0.29) is 56.7 Å². The van der Waals surface area contributed by atoms with E-state index in [4.69, 9.17) is 24.2 Å². The van der Waals surface area contributed by atoms with Crippen LogP contribution in [0.3, 0.4) is 0 Å². The number of halogens is 2. The van der Waals surface area contributed by atoms with Crippen molar-refractivity contribution in [2.75, 3.05) is 30.0 Å². The summed E-state index contributed by atoms with van der Waals surface area (Å²) in [5.74, 6) is -0.910. The lowest BCUT2D eigenvalue weighted by molar-refractivity contribution is -0.147. The lowest BCUT2D eigenvalue weighted by atomic mass is 9.87. The zero-order valence-electron chi connectivity index (χ0n) is 26.4.